The minimum Gasteiger partial charge on any atom is -0.310 e. The van der Waals surface area contributed by atoms with Crippen LogP contribution in [0.1, 0.15) is 27.7 Å². The molecule has 0 saturated heterocycles. The van der Waals surface area contributed by atoms with Crippen LogP contribution in [-0.2, 0) is 38.8 Å². The second-order valence-electron chi connectivity index (χ2n) is 2.79. The first-order valence-corrected chi connectivity index (χ1v) is 14.4. The number of hydrogen-bond acceptors (Lipinski definition) is 1. The van der Waals surface area contributed by atoms with Crippen LogP contribution >= 0.6 is 8.69 Å². The van der Waals surface area contributed by atoms with Crippen molar-refractivity contribution in [1.82, 2.24) is 0 Å². The molecule has 0 fully saturated rings. The molecule has 0 atom stereocenters. The molecule has 0 rings (SSSR count). The maximum atomic E-state index is 8.46. The summed E-state index contributed by atoms with van der Waals surface area (Å²) in [5.74, 6) is 0. The van der Waals surface area contributed by atoms with Gasteiger partial charge in [0.05, 0.1) is 0 Å². The molecule has 13 heavy (non-hydrogen) atoms. The van der Waals surface area contributed by atoms with Crippen LogP contribution in [-0.4, -0.2) is 4.89 Å². The quantitative estimate of drug-likeness (QED) is 0.627. The topological polar surface area (TPSA) is 37.3 Å². The van der Waals surface area contributed by atoms with Crippen LogP contribution in [0.3, 0.4) is 0 Å². The summed E-state index contributed by atoms with van der Waals surface area (Å²) in [6, 6.07) is 0. The summed E-state index contributed by atoms with van der Waals surface area (Å²) in [5.41, 5.74) is 0. The third-order valence-corrected chi connectivity index (χ3v) is 7.35. The Hall–Kier alpha value is 1.31. The van der Waals surface area contributed by atoms with E-state index in [0.29, 0.717) is 0 Å². The van der Waals surface area contributed by atoms with Crippen LogP contribution in [0.25, 0.3) is 0 Å². The Labute approximate surface area is 99.7 Å². The molecule has 0 bridgehead atoms. The molecule has 0 aliphatic rings. The smallest absolute Gasteiger partial charge is 0.310 e. The molecular formula is C8H21O2PZn2. The van der Waals surface area contributed by atoms with E-state index in [1.165, 1.54) is 20.1 Å². The van der Waals surface area contributed by atoms with Crippen LogP contribution in [0.2, 0.25) is 20.1 Å². The molecule has 5 heteroatoms. The predicted molar refractivity (Wildman–Crippen MR) is 51.7 cm³/mol. The van der Waals surface area contributed by atoms with Gasteiger partial charge in [-0.15, -0.1) is 0 Å². The van der Waals surface area contributed by atoms with Crippen molar-refractivity contribution in [2.45, 2.75) is 47.8 Å². The van der Waals surface area contributed by atoms with E-state index >= 15 is 0 Å². The Morgan fingerprint density at radius 1 is 0.923 bits per heavy atom. The van der Waals surface area contributed by atoms with Gasteiger partial charge in [0, 0.05) is 0 Å². The molecular weight excluding hydrogens is 290 g/mol. The first-order chi connectivity index (χ1) is 6.24. The summed E-state index contributed by atoms with van der Waals surface area (Å²) in [4.78, 5) is 6.99. The van der Waals surface area contributed by atoms with E-state index in [4.69, 9.17) is 9.46 Å². The van der Waals surface area contributed by atoms with E-state index in [9.17, 15) is 0 Å². The minimum atomic E-state index is -0.833. The molecule has 0 radical (unpaired) electrons. The van der Waals surface area contributed by atoms with Gasteiger partial charge in [0.15, 0.2) is 0 Å². The van der Waals surface area contributed by atoms with Crippen molar-refractivity contribution in [1.29, 1.82) is 0 Å². The Morgan fingerprint density at radius 3 is 1.08 bits per heavy atom. The van der Waals surface area contributed by atoms with E-state index in [2.05, 4.69) is 27.7 Å². The summed E-state index contributed by atoms with van der Waals surface area (Å²) in [5, 5.41) is 6.12. The third kappa shape index (κ3) is 60.4. The van der Waals surface area contributed by atoms with Crippen molar-refractivity contribution in [3.05, 3.63) is 0 Å². The molecule has 1 N–H and O–H groups in total. The van der Waals surface area contributed by atoms with Gasteiger partial charge in [-0.1, -0.05) is 0 Å². The first-order valence-electron chi connectivity index (χ1n) is 5.21. The van der Waals surface area contributed by atoms with Crippen molar-refractivity contribution < 1.29 is 43.7 Å². The molecule has 0 amide bonds. The third-order valence-electron chi connectivity index (χ3n) is 1.41. The zero-order chi connectivity index (χ0) is 10.9. The number of rotatable bonds is 4. The van der Waals surface area contributed by atoms with Crippen molar-refractivity contribution >= 4 is 8.69 Å². The molecule has 74 valence electrons. The van der Waals surface area contributed by atoms with Gasteiger partial charge < -0.3 is 4.89 Å². The fourth-order valence-corrected chi connectivity index (χ4v) is 3.67. The average molecular weight is 311 g/mol. The van der Waals surface area contributed by atoms with Crippen LogP contribution < -0.4 is 0 Å². The Bertz CT molecular complexity index is 65.2. The van der Waals surface area contributed by atoms with Crippen LogP contribution in [0.4, 0.5) is 0 Å². The maximum Gasteiger partial charge on any atom is 0.324 e. The van der Waals surface area contributed by atoms with E-state index < -0.39 is 8.69 Å². The van der Waals surface area contributed by atoms with Gasteiger partial charge >= 0.3 is 90.7 Å². The average Bonchev–Trinajstić information content (AvgIpc) is 2.09. The van der Waals surface area contributed by atoms with E-state index in [0.717, 1.165) is 0 Å². The number of hydrogen-bond donors (Lipinski definition) is 1. The standard InChI is InChI=1S/4C2H5.HO2P.2Zn/c4*1-2;1-3-2;;/h4*1H2,2H3;(H,1,2);;. The molecule has 0 aromatic heterocycles. The van der Waals surface area contributed by atoms with Gasteiger partial charge in [-0.2, -0.15) is 0 Å². The van der Waals surface area contributed by atoms with E-state index in [1.807, 2.05) is 0 Å². The molecule has 0 saturated carbocycles. The Balaban J connectivity index is -0.000000120. The summed E-state index contributed by atoms with van der Waals surface area (Å²) in [6.07, 6.45) is 0. The maximum absolute atomic E-state index is 8.46. The molecule has 2 nitrogen and oxygen atoms in total. The second kappa shape index (κ2) is 29.2. The van der Waals surface area contributed by atoms with Crippen molar-refractivity contribution in [3.63, 3.8) is 0 Å². The summed E-state index contributed by atoms with van der Waals surface area (Å²) < 4.78 is 8.46. The van der Waals surface area contributed by atoms with Gasteiger partial charge in [0.1, 0.15) is 0 Å². The zero-order valence-electron chi connectivity index (χ0n) is 9.55. The van der Waals surface area contributed by atoms with Crippen molar-refractivity contribution in [2.75, 3.05) is 0 Å². The minimum absolute atomic E-state index is 0.0972. The summed E-state index contributed by atoms with van der Waals surface area (Å²) in [7, 11) is -0.833. The molecule has 0 aromatic carbocycles. The van der Waals surface area contributed by atoms with Gasteiger partial charge in [-0.3, -0.25) is 0 Å². The predicted octanol–water partition coefficient (Wildman–Crippen LogP) is 4.08. The largest absolute Gasteiger partial charge is 0.324 e. The molecule has 0 heterocycles. The molecule has 0 aliphatic heterocycles. The van der Waals surface area contributed by atoms with Crippen molar-refractivity contribution in [2.24, 2.45) is 0 Å². The van der Waals surface area contributed by atoms with Crippen LogP contribution in [0.15, 0.2) is 0 Å². The molecule has 0 spiro atoms. The van der Waals surface area contributed by atoms with Gasteiger partial charge in [0.2, 0.25) is 0 Å². The van der Waals surface area contributed by atoms with E-state index in [1.54, 1.807) is 0 Å². The fraction of sp³-hybridized carbons (Fsp3) is 1.00. The Kier molecular flexibility index (Phi) is 44.5. The SMILES string of the molecule is C[CH2][Zn][CH2]C.C[CH2][Zn][CH2]C.O=PO. The van der Waals surface area contributed by atoms with Crippen LogP contribution in [0.5, 0.6) is 0 Å². The van der Waals surface area contributed by atoms with Gasteiger partial charge in [-0.25, -0.2) is 4.57 Å². The first kappa shape index (κ1) is 19.8. The summed E-state index contributed by atoms with van der Waals surface area (Å²) in [6.45, 7) is 9.18. The van der Waals surface area contributed by atoms with Crippen molar-refractivity contribution in [3.8, 4) is 0 Å². The fourth-order valence-electron chi connectivity index (χ4n) is 0.707. The second-order valence-corrected chi connectivity index (χ2v) is 14.3. The molecule has 0 aromatic rings. The molecule has 0 unspecified atom stereocenters. The van der Waals surface area contributed by atoms with E-state index in [-0.39, 0.29) is 34.3 Å². The van der Waals surface area contributed by atoms with Gasteiger partial charge in [-0.05, 0) is 0 Å². The Morgan fingerprint density at radius 2 is 1.08 bits per heavy atom. The summed E-state index contributed by atoms with van der Waals surface area (Å²) >= 11 is 0.194. The monoisotopic (exact) mass is 308 g/mol. The van der Waals surface area contributed by atoms with Gasteiger partial charge in [0.25, 0.3) is 0 Å². The molecule has 0 aliphatic carbocycles. The normalized spacial score (nSPS) is 6.85. The van der Waals surface area contributed by atoms with Crippen LogP contribution in [0, 0.1) is 0 Å². The zero-order valence-corrected chi connectivity index (χ0v) is 16.4.